The zero-order chi connectivity index (χ0) is 13.8. The molecule has 0 radical (unpaired) electrons. The molecule has 0 aromatic heterocycles. The molecule has 2 nitrogen and oxygen atoms in total. The lowest BCUT2D eigenvalue weighted by Gasteiger charge is -2.09. The maximum Gasteiger partial charge on any atom is 0.118 e. The van der Waals surface area contributed by atoms with E-state index in [1.165, 1.54) is 0 Å². The van der Waals surface area contributed by atoms with Gasteiger partial charge in [0.25, 0.3) is 0 Å². The highest BCUT2D eigenvalue weighted by atomic mass is 35.5. The lowest BCUT2D eigenvalue weighted by molar-refractivity contribution is 0.199. The van der Waals surface area contributed by atoms with E-state index in [4.69, 9.17) is 16.3 Å². The van der Waals surface area contributed by atoms with Crippen LogP contribution in [-0.4, -0.2) is 12.2 Å². The summed E-state index contributed by atoms with van der Waals surface area (Å²) in [5, 5.41) is 10.2. The molecule has 0 unspecified atom stereocenters. The van der Waals surface area contributed by atoms with Crippen molar-refractivity contribution in [3.63, 3.8) is 0 Å². The van der Waals surface area contributed by atoms with Crippen molar-refractivity contribution in [3.05, 3.63) is 53.1 Å². The lowest BCUT2D eigenvalue weighted by Crippen LogP contribution is -1.90. The van der Waals surface area contributed by atoms with Gasteiger partial charge >= 0.3 is 0 Å². The molecule has 0 heterocycles. The quantitative estimate of drug-likeness (QED) is 0.897. The Morgan fingerprint density at radius 3 is 2.37 bits per heavy atom. The number of halogens is 1. The van der Waals surface area contributed by atoms with Crippen LogP contribution in [0, 0.1) is 0 Å². The second-order valence-electron chi connectivity index (χ2n) is 4.14. The molecule has 0 aliphatic rings. The highest BCUT2D eigenvalue weighted by Crippen LogP contribution is 2.35. The summed E-state index contributed by atoms with van der Waals surface area (Å²) < 4.78 is 5.12. The van der Waals surface area contributed by atoms with Crippen molar-refractivity contribution in [3.8, 4) is 5.75 Å². The predicted molar refractivity (Wildman–Crippen MR) is 79.2 cm³/mol. The first kappa shape index (κ1) is 14.3. The van der Waals surface area contributed by atoms with Crippen LogP contribution in [0.3, 0.4) is 0 Å². The summed E-state index contributed by atoms with van der Waals surface area (Å²) >= 11 is 7.81. The number of hydrogen-bond donors (Lipinski definition) is 1. The molecule has 0 fully saturated rings. The zero-order valence-corrected chi connectivity index (χ0v) is 12.3. The molecule has 100 valence electrons. The van der Waals surface area contributed by atoms with Gasteiger partial charge in [-0.3, -0.25) is 0 Å². The van der Waals surface area contributed by atoms with Crippen molar-refractivity contribution < 1.29 is 9.84 Å². The number of methoxy groups -OCH3 is 1. The fraction of sp³-hybridized carbons (Fsp3) is 0.200. The van der Waals surface area contributed by atoms with Crippen molar-refractivity contribution in [1.82, 2.24) is 0 Å². The summed E-state index contributed by atoms with van der Waals surface area (Å²) in [5.74, 6) is 0.833. The third-order valence-corrected chi connectivity index (χ3v) is 4.23. The van der Waals surface area contributed by atoms with Crippen molar-refractivity contribution in [2.45, 2.75) is 22.8 Å². The van der Waals surface area contributed by atoms with Gasteiger partial charge in [0.1, 0.15) is 5.75 Å². The van der Waals surface area contributed by atoms with Crippen molar-refractivity contribution in [1.29, 1.82) is 0 Å². The summed E-state index contributed by atoms with van der Waals surface area (Å²) in [6.45, 7) is 1.72. The van der Waals surface area contributed by atoms with Crippen LogP contribution >= 0.6 is 23.4 Å². The fourth-order valence-electron chi connectivity index (χ4n) is 1.63. The van der Waals surface area contributed by atoms with Crippen LogP contribution in [0.2, 0.25) is 5.02 Å². The number of ether oxygens (including phenoxy) is 1. The largest absolute Gasteiger partial charge is 0.497 e. The first-order valence-electron chi connectivity index (χ1n) is 5.89. The van der Waals surface area contributed by atoms with Gasteiger partial charge in [0, 0.05) is 9.79 Å². The molecular weight excluding hydrogens is 280 g/mol. The molecule has 4 heteroatoms. The maximum absolute atomic E-state index is 9.51. The molecule has 2 aromatic carbocycles. The topological polar surface area (TPSA) is 29.5 Å². The summed E-state index contributed by atoms with van der Waals surface area (Å²) in [7, 11) is 1.65. The Morgan fingerprint density at radius 1 is 1.16 bits per heavy atom. The van der Waals surface area contributed by atoms with Crippen LogP contribution in [0.15, 0.2) is 52.3 Å². The average molecular weight is 295 g/mol. The predicted octanol–water partition coefficient (Wildman–Crippen LogP) is 4.55. The number of aliphatic hydroxyl groups is 1. The maximum atomic E-state index is 9.51. The molecule has 0 spiro atoms. The van der Waals surface area contributed by atoms with Crippen LogP contribution in [0.25, 0.3) is 0 Å². The number of rotatable bonds is 4. The smallest absolute Gasteiger partial charge is 0.118 e. The van der Waals surface area contributed by atoms with Gasteiger partial charge < -0.3 is 9.84 Å². The van der Waals surface area contributed by atoms with E-state index in [1.807, 2.05) is 36.4 Å². The first-order valence-corrected chi connectivity index (χ1v) is 7.09. The molecule has 1 atom stereocenters. The third-order valence-electron chi connectivity index (χ3n) is 2.73. The highest BCUT2D eigenvalue weighted by Gasteiger charge is 2.07. The van der Waals surface area contributed by atoms with Gasteiger partial charge in [0.15, 0.2) is 0 Å². The second kappa shape index (κ2) is 6.33. The molecule has 19 heavy (non-hydrogen) atoms. The first-order chi connectivity index (χ1) is 9.10. The minimum absolute atomic E-state index is 0.502. The standard InChI is InChI=1S/C15H15ClO2S/c1-10(17)11-3-8-15(14(16)9-11)19-13-6-4-12(18-2)5-7-13/h3-10,17H,1-2H3/t10-/m0/s1. The Labute approximate surface area is 122 Å². The van der Waals surface area contributed by atoms with Gasteiger partial charge in [0.2, 0.25) is 0 Å². The van der Waals surface area contributed by atoms with Crippen molar-refractivity contribution in [2.24, 2.45) is 0 Å². The van der Waals surface area contributed by atoms with E-state index in [0.29, 0.717) is 5.02 Å². The summed E-state index contributed by atoms with van der Waals surface area (Å²) in [6.07, 6.45) is -0.502. The van der Waals surface area contributed by atoms with Crippen LogP contribution in [-0.2, 0) is 0 Å². The van der Waals surface area contributed by atoms with E-state index in [-0.39, 0.29) is 0 Å². The molecule has 0 aliphatic heterocycles. The Hall–Kier alpha value is -1.16. The Kier molecular flexibility index (Phi) is 4.75. The Balaban J connectivity index is 2.18. The van der Waals surface area contributed by atoms with Crippen LogP contribution in [0.4, 0.5) is 0 Å². The Bertz CT molecular complexity index is 553. The van der Waals surface area contributed by atoms with Crippen LogP contribution in [0.5, 0.6) is 5.75 Å². The molecule has 2 rings (SSSR count). The molecule has 0 aliphatic carbocycles. The van der Waals surface area contributed by atoms with Crippen LogP contribution < -0.4 is 4.74 Å². The molecule has 0 saturated heterocycles. The van der Waals surface area contributed by atoms with Crippen LogP contribution in [0.1, 0.15) is 18.6 Å². The number of benzene rings is 2. The van der Waals surface area contributed by atoms with Gasteiger partial charge in [-0.15, -0.1) is 0 Å². The van der Waals surface area contributed by atoms with Gasteiger partial charge in [-0.25, -0.2) is 0 Å². The van der Waals surface area contributed by atoms with Gasteiger partial charge in [-0.1, -0.05) is 29.4 Å². The molecule has 1 N–H and O–H groups in total. The molecule has 2 aromatic rings. The van der Waals surface area contributed by atoms with E-state index in [2.05, 4.69) is 0 Å². The minimum atomic E-state index is -0.502. The molecular formula is C15H15ClO2S. The molecule has 0 bridgehead atoms. The van der Waals surface area contributed by atoms with E-state index in [1.54, 1.807) is 31.9 Å². The lowest BCUT2D eigenvalue weighted by atomic mass is 10.1. The third kappa shape index (κ3) is 3.66. The fourth-order valence-corrected chi connectivity index (χ4v) is 2.75. The van der Waals surface area contributed by atoms with Gasteiger partial charge in [-0.05, 0) is 48.9 Å². The summed E-state index contributed by atoms with van der Waals surface area (Å²) in [4.78, 5) is 2.06. The van der Waals surface area contributed by atoms with Crippen molar-refractivity contribution >= 4 is 23.4 Å². The molecule has 0 saturated carbocycles. The normalized spacial score (nSPS) is 12.2. The second-order valence-corrected chi connectivity index (χ2v) is 5.67. The Morgan fingerprint density at radius 2 is 1.84 bits per heavy atom. The monoisotopic (exact) mass is 294 g/mol. The van der Waals surface area contributed by atoms with E-state index in [0.717, 1.165) is 21.1 Å². The highest BCUT2D eigenvalue weighted by molar-refractivity contribution is 7.99. The van der Waals surface area contributed by atoms with Crippen molar-refractivity contribution in [2.75, 3.05) is 7.11 Å². The number of aliphatic hydroxyl groups excluding tert-OH is 1. The summed E-state index contributed by atoms with van der Waals surface area (Å²) in [6, 6.07) is 13.4. The summed E-state index contributed by atoms with van der Waals surface area (Å²) in [5.41, 5.74) is 0.823. The average Bonchev–Trinajstić information content (AvgIpc) is 2.41. The van der Waals surface area contributed by atoms with E-state index >= 15 is 0 Å². The SMILES string of the molecule is COc1ccc(Sc2ccc([C@H](C)O)cc2Cl)cc1. The van der Waals surface area contributed by atoms with Gasteiger partial charge in [0.05, 0.1) is 18.2 Å². The molecule has 0 amide bonds. The zero-order valence-electron chi connectivity index (χ0n) is 10.8. The van der Waals surface area contributed by atoms with E-state index < -0.39 is 6.10 Å². The van der Waals surface area contributed by atoms with E-state index in [9.17, 15) is 5.11 Å². The number of hydrogen-bond acceptors (Lipinski definition) is 3. The minimum Gasteiger partial charge on any atom is -0.497 e. The van der Waals surface area contributed by atoms with Gasteiger partial charge in [-0.2, -0.15) is 0 Å².